The smallest absolute Gasteiger partial charge is 0.303 e. The first-order chi connectivity index (χ1) is 12.7. The molecule has 1 N–H and O–H groups in total. The molecule has 142 valence electrons. The van der Waals surface area contributed by atoms with Crippen molar-refractivity contribution < 1.29 is 4.79 Å². The molecule has 1 amide bonds. The highest BCUT2D eigenvalue weighted by atomic mass is 32.1. The van der Waals surface area contributed by atoms with Crippen LogP contribution in [0.15, 0.2) is 39.8 Å². The maximum atomic E-state index is 12.2. The number of hydrogen-bond acceptors (Lipinski definition) is 5. The number of carbonyl (C=O) groups excluding carboxylic acids is 1. The second-order valence-corrected chi connectivity index (χ2v) is 9.14. The van der Waals surface area contributed by atoms with Gasteiger partial charge in [-0.2, -0.15) is 0 Å². The number of rotatable bonds is 5. The Kier molecular flexibility index (Phi) is 5.62. The Morgan fingerprint density at radius 3 is 2.44 bits per heavy atom. The fraction of sp³-hybridized carbons (Fsp3) is 0.350. The molecule has 0 unspecified atom stereocenters. The van der Waals surface area contributed by atoms with Crippen LogP contribution in [0.5, 0.6) is 0 Å². The molecule has 3 rings (SSSR count). The summed E-state index contributed by atoms with van der Waals surface area (Å²) in [6, 6.07) is 8.36. The van der Waals surface area contributed by atoms with Crippen LogP contribution in [0.4, 0.5) is 5.13 Å². The van der Waals surface area contributed by atoms with Gasteiger partial charge in [0.15, 0.2) is 5.13 Å². The van der Waals surface area contributed by atoms with Crippen LogP contribution in [-0.2, 0) is 16.8 Å². The van der Waals surface area contributed by atoms with Gasteiger partial charge in [0.05, 0.1) is 5.69 Å². The molecule has 1 aromatic carbocycles. The molecule has 2 heterocycles. The zero-order valence-corrected chi connectivity index (χ0v) is 17.5. The highest BCUT2D eigenvalue weighted by molar-refractivity contribution is 7.14. The Balaban J connectivity index is 1.62. The molecule has 7 heteroatoms. The molecular weight excluding hydrogens is 378 g/mol. The summed E-state index contributed by atoms with van der Waals surface area (Å²) in [5.41, 5.74) is 4.14. The van der Waals surface area contributed by atoms with Gasteiger partial charge in [0, 0.05) is 35.0 Å². The van der Waals surface area contributed by atoms with Crippen molar-refractivity contribution in [3.8, 4) is 11.3 Å². The second-order valence-electron chi connectivity index (χ2n) is 7.46. The van der Waals surface area contributed by atoms with Gasteiger partial charge in [-0.3, -0.25) is 9.59 Å². The van der Waals surface area contributed by atoms with Gasteiger partial charge in [0.1, 0.15) is 0 Å². The number of carbonyl (C=O) groups is 1. The number of aryl methyl sites for hydroxylation is 1. The lowest BCUT2D eigenvalue weighted by molar-refractivity contribution is -0.116. The van der Waals surface area contributed by atoms with Crippen LogP contribution in [0, 0.1) is 6.92 Å². The number of anilines is 1. The number of nitrogens with one attached hydrogen (secondary N) is 1. The van der Waals surface area contributed by atoms with Gasteiger partial charge in [-0.15, -0.1) is 11.3 Å². The Hall–Kier alpha value is -2.25. The summed E-state index contributed by atoms with van der Waals surface area (Å²) in [6.07, 6.45) is 0.243. The quantitative estimate of drug-likeness (QED) is 0.676. The molecule has 0 atom stereocenters. The molecule has 27 heavy (non-hydrogen) atoms. The van der Waals surface area contributed by atoms with Crippen LogP contribution in [0.25, 0.3) is 11.3 Å². The number of hydrogen-bond donors (Lipinski definition) is 1. The first-order valence-electron chi connectivity index (χ1n) is 8.75. The summed E-state index contributed by atoms with van der Waals surface area (Å²) in [7, 11) is 0. The lowest BCUT2D eigenvalue weighted by Gasteiger charge is -2.18. The van der Waals surface area contributed by atoms with Gasteiger partial charge < -0.3 is 9.88 Å². The summed E-state index contributed by atoms with van der Waals surface area (Å²) in [5.74, 6) is -0.142. The summed E-state index contributed by atoms with van der Waals surface area (Å²) >= 11 is 2.56. The van der Waals surface area contributed by atoms with E-state index in [0.29, 0.717) is 11.7 Å². The SMILES string of the molecule is Cc1csc(=O)n1CCC(=O)Nc1nc(-c2ccc(C(C)(C)C)cc2)cs1. The lowest BCUT2D eigenvalue weighted by Crippen LogP contribution is -2.20. The van der Waals surface area contributed by atoms with E-state index >= 15 is 0 Å². The number of benzene rings is 1. The maximum Gasteiger partial charge on any atom is 0.307 e. The first-order valence-corrected chi connectivity index (χ1v) is 10.5. The lowest BCUT2D eigenvalue weighted by atomic mass is 9.86. The van der Waals surface area contributed by atoms with Gasteiger partial charge in [-0.1, -0.05) is 56.4 Å². The molecule has 5 nitrogen and oxygen atoms in total. The van der Waals surface area contributed by atoms with Crippen molar-refractivity contribution in [2.75, 3.05) is 5.32 Å². The van der Waals surface area contributed by atoms with E-state index in [0.717, 1.165) is 28.3 Å². The first kappa shape index (κ1) is 19.5. The summed E-state index contributed by atoms with van der Waals surface area (Å²) in [5, 5.41) is 7.14. The van der Waals surface area contributed by atoms with E-state index < -0.39 is 0 Å². The monoisotopic (exact) mass is 401 g/mol. The molecule has 0 spiro atoms. The molecule has 0 aliphatic rings. The van der Waals surface area contributed by atoms with Crippen molar-refractivity contribution in [3.05, 3.63) is 56.0 Å². The fourth-order valence-electron chi connectivity index (χ4n) is 2.67. The van der Waals surface area contributed by atoms with E-state index in [2.05, 4.69) is 55.3 Å². The van der Waals surface area contributed by atoms with Gasteiger partial charge >= 0.3 is 4.87 Å². The Morgan fingerprint density at radius 2 is 1.85 bits per heavy atom. The van der Waals surface area contributed by atoms with Crippen molar-refractivity contribution in [1.29, 1.82) is 0 Å². The Morgan fingerprint density at radius 1 is 1.15 bits per heavy atom. The average Bonchev–Trinajstić information content (AvgIpc) is 3.19. The zero-order valence-electron chi connectivity index (χ0n) is 15.9. The van der Waals surface area contributed by atoms with Gasteiger partial charge in [-0.25, -0.2) is 4.98 Å². The van der Waals surface area contributed by atoms with E-state index in [1.807, 2.05) is 12.3 Å². The topological polar surface area (TPSA) is 64.0 Å². The molecule has 2 aromatic heterocycles. The minimum atomic E-state index is -0.142. The van der Waals surface area contributed by atoms with Crippen molar-refractivity contribution in [2.45, 2.75) is 46.1 Å². The van der Waals surface area contributed by atoms with Gasteiger partial charge in [0.2, 0.25) is 5.91 Å². The molecule has 0 radical (unpaired) electrons. The predicted molar refractivity (Wildman–Crippen MR) is 113 cm³/mol. The van der Waals surface area contributed by atoms with Crippen LogP contribution in [-0.4, -0.2) is 15.5 Å². The standard InChI is InChI=1S/C20H23N3O2S2/c1-13-11-27-19(25)23(13)10-9-17(24)22-18-21-16(12-26-18)14-5-7-15(8-6-14)20(2,3)4/h5-8,11-12H,9-10H2,1-4H3,(H,21,22,24). The Labute approximate surface area is 166 Å². The molecule has 0 fully saturated rings. The Bertz CT molecular complexity index is 991. The highest BCUT2D eigenvalue weighted by Gasteiger charge is 2.14. The van der Waals surface area contributed by atoms with Crippen LogP contribution in [0.1, 0.15) is 38.4 Å². The van der Waals surface area contributed by atoms with E-state index in [4.69, 9.17) is 0 Å². The average molecular weight is 402 g/mol. The maximum absolute atomic E-state index is 12.2. The minimum absolute atomic E-state index is 0.0319. The van der Waals surface area contributed by atoms with E-state index in [1.165, 1.54) is 16.9 Å². The molecule has 0 saturated heterocycles. The predicted octanol–water partition coefficient (Wildman–Crippen LogP) is 4.67. The number of thiazole rings is 2. The van der Waals surface area contributed by atoms with Gasteiger partial charge in [0.25, 0.3) is 0 Å². The third kappa shape index (κ3) is 4.73. The van der Waals surface area contributed by atoms with Crippen LogP contribution in [0.3, 0.4) is 0 Å². The third-order valence-corrected chi connectivity index (χ3v) is 5.97. The van der Waals surface area contributed by atoms with Crippen molar-refractivity contribution in [1.82, 2.24) is 9.55 Å². The molecule has 0 saturated carbocycles. The molecule has 0 aliphatic carbocycles. The van der Waals surface area contributed by atoms with E-state index in [-0.39, 0.29) is 22.6 Å². The number of amides is 1. The van der Waals surface area contributed by atoms with Crippen molar-refractivity contribution >= 4 is 33.7 Å². The zero-order chi connectivity index (χ0) is 19.6. The van der Waals surface area contributed by atoms with Crippen LogP contribution < -0.4 is 10.2 Å². The third-order valence-electron chi connectivity index (χ3n) is 4.34. The van der Waals surface area contributed by atoms with Crippen LogP contribution >= 0.6 is 22.7 Å². The highest BCUT2D eigenvalue weighted by Crippen LogP contribution is 2.28. The number of aromatic nitrogens is 2. The van der Waals surface area contributed by atoms with Crippen LogP contribution in [0.2, 0.25) is 0 Å². The summed E-state index contributed by atoms with van der Waals surface area (Å²) < 4.78 is 1.62. The van der Waals surface area contributed by atoms with Gasteiger partial charge in [-0.05, 0) is 17.9 Å². The molecule has 0 bridgehead atoms. The molecule has 0 aliphatic heterocycles. The number of nitrogens with zero attached hydrogens (tertiary/aromatic N) is 2. The largest absolute Gasteiger partial charge is 0.307 e. The minimum Gasteiger partial charge on any atom is -0.303 e. The summed E-state index contributed by atoms with van der Waals surface area (Å²) in [4.78, 5) is 28.4. The molecular formula is C20H23N3O2S2. The van der Waals surface area contributed by atoms with Crippen molar-refractivity contribution in [3.63, 3.8) is 0 Å². The fourth-order valence-corrected chi connectivity index (χ4v) is 4.17. The molecule has 3 aromatic rings. The van der Waals surface area contributed by atoms with E-state index in [9.17, 15) is 9.59 Å². The second kappa shape index (κ2) is 7.78. The summed E-state index contributed by atoms with van der Waals surface area (Å²) in [6.45, 7) is 8.80. The normalized spacial score (nSPS) is 11.6. The van der Waals surface area contributed by atoms with Crippen molar-refractivity contribution in [2.24, 2.45) is 0 Å². The van der Waals surface area contributed by atoms with E-state index in [1.54, 1.807) is 9.95 Å².